The second-order valence-electron chi connectivity index (χ2n) is 7.18. The summed E-state index contributed by atoms with van der Waals surface area (Å²) >= 11 is 0. The summed E-state index contributed by atoms with van der Waals surface area (Å²) in [5.74, 6) is 0.620. The van der Waals surface area contributed by atoms with Crippen LogP contribution in [-0.4, -0.2) is 27.0 Å². The van der Waals surface area contributed by atoms with E-state index in [1.807, 2.05) is 0 Å². The van der Waals surface area contributed by atoms with Crippen molar-refractivity contribution in [2.75, 3.05) is 6.61 Å². The molecular formula is C20H31NOSi. The van der Waals surface area contributed by atoms with Gasteiger partial charge in [-0.05, 0) is 48.2 Å². The number of hydrogen-bond acceptors (Lipinski definition) is 2. The maximum absolute atomic E-state index is 5.95. The van der Waals surface area contributed by atoms with E-state index in [9.17, 15) is 0 Å². The van der Waals surface area contributed by atoms with Gasteiger partial charge in [-0.3, -0.25) is 0 Å². The van der Waals surface area contributed by atoms with Crippen LogP contribution in [0.5, 0.6) is 0 Å². The van der Waals surface area contributed by atoms with Crippen LogP contribution in [0.3, 0.4) is 0 Å². The molecular weight excluding hydrogens is 298 g/mol. The van der Waals surface area contributed by atoms with E-state index in [0.717, 1.165) is 6.61 Å². The highest BCUT2D eigenvalue weighted by atomic mass is 28.3. The lowest BCUT2D eigenvalue weighted by molar-refractivity contribution is 0.125. The Hall–Kier alpha value is -0.903. The number of ether oxygens (including phenoxy) is 1. The van der Waals surface area contributed by atoms with Crippen molar-refractivity contribution in [3.05, 3.63) is 41.5 Å². The van der Waals surface area contributed by atoms with Gasteiger partial charge >= 0.3 is 0 Å². The van der Waals surface area contributed by atoms with Gasteiger partial charge < -0.3 is 9.72 Å². The molecule has 0 bridgehead atoms. The minimum Gasteiger partial charge on any atom is -0.374 e. The summed E-state index contributed by atoms with van der Waals surface area (Å²) in [5.41, 5.74) is 4.51. The average Bonchev–Trinajstić information content (AvgIpc) is 3.13. The normalized spacial score (nSPS) is 27.6. The highest BCUT2D eigenvalue weighted by Gasteiger charge is 2.43. The fraction of sp³-hybridized carbons (Fsp3) is 0.600. The van der Waals surface area contributed by atoms with Crippen LogP contribution in [0.2, 0.25) is 18.1 Å². The molecule has 0 amide bonds. The minimum absolute atomic E-state index is 0.281. The number of benzene rings is 1. The van der Waals surface area contributed by atoms with E-state index in [0.29, 0.717) is 12.0 Å². The summed E-state index contributed by atoms with van der Waals surface area (Å²) in [6.45, 7) is 10.3. The number of rotatable bonds is 6. The SMILES string of the molecule is CC[Si](CC)(CC)NC1CC2COC(C)C2=C1c1ccccc1. The van der Waals surface area contributed by atoms with Crippen LogP contribution in [0.1, 0.15) is 39.7 Å². The molecule has 1 saturated heterocycles. The Morgan fingerprint density at radius 3 is 2.35 bits per heavy atom. The van der Waals surface area contributed by atoms with Crippen molar-refractivity contribution >= 4 is 13.8 Å². The highest BCUT2D eigenvalue weighted by Crippen LogP contribution is 2.45. The first-order chi connectivity index (χ1) is 11.1. The van der Waals surface area contributed by atoms with Gasteiger partial charge in [0.05, 0.1) is 12.7 Å². The summed E-state index contributed by atoms with van der Waals surface area (Å²) in [4.78, 5) is 4.20. The van der Waals surface area contributed by atoms with Crippen molar-refractivity contribution in [3.8, 4) is 0 Å². The predicted molar refractivity (Wildman–Crippen MR) is 101 cm³/mol. The highest BCUT2D eigenvalue weighted by molar-refractivity contribution is 6.77. The Morgan fingerprint density at radius 1 is 1.09 bits per heavy atom. The first kappa shape index (κ1) is 16.9. The molecule has 1 N–H and O–H groups in total. The van der Waals surface area contributed by atoms with Gasteiger partial charge in [-0.1, -0.05) is 51.1 Å². The van der Waals surface area contributed by atoms with Crippen molar-refractivity contribution in [2.45, 2.75) is 64.4 Å². The average molecular weight is 330 g/mol. The molecule has 0 radical (unpaired) electrons. The zero-order valence-corrected chi connectivity index (χ0v) is 16.1. The van der Waals surface area contributed by atoms with E-state index in [1.165, 1.54) is 30.1 Å². The molecule has 3 atom stereocenters. The first-order valence-electron chi connectivity index (χ1n) is 9.32. The van der Waals surface area contributed by atoms with E-state index < -0.39 is 8.24 Å². The lowest BCUT2D eigenvalue weighted by atomic mass is 9.96. The predicted octanol–water partition coefficient (Wildman–Crippen LogP) is 4.84. The van der Waals surface area contributed by atoms with Gasteiger partial charge in [-0.2, -0.15) is 0 Å². The Morgan fingerprint density at radius 2 is 1.74 bits per heavy atom. The maximum Gasteiger partial charge on any atom is 0.125 e. The van der Waals surface area contributed by atoms with Gasteiger partial charge in [0, 0.05) is 12.0 Å². The van der Waals surface area contributed by atoms with Crippen LogP contribution < -0.4 is 4.98 Å². The van der Waals surface area contributed by atoms with E-state index in [-0.39, 0.29) is 6.10 Å². The van der Waals surface area contributed by atoms with Gasteiger partial charge in [0.25, 0.3) is 0 Å². The van der Waals surface area contributed by atoms with Gasteiger partial charge in [0.2, 0.25) is 0 Å². The third-order valence-corrected chi connectivity index (χ3v) is 11.2. The molecule has 1 aromatic rings. The lowest BCUT2D eigenvalue weighted by Crippen LogP contribution is -2.53. The largest absolute Gasteiger partial charge is 0.374 e. The van der Waals surface area contributed by atoms with Crippen molar-refractivity contribution in [3.63, 3.8) is 0 Å². The maximum atomic E-state index is 5.95. The molecule has 1 heterocycles. The Kier molecular flexibility index (Phi) is 5.09. The summed E-state index contributed by atoms with van der Waals surface area (Å²) < 4.78 is 5.95. The van der Waals surface area contributed by atoms with Crippen LogP contribution in [-0.2, 0) is 4.74 Å². The summed E-state index contributed by atoms with van der Waals surface area (Å²) in [7, 11) is -1.35. The van der Waals surface area contributed by atoms with Crippen molar-refractivity contribution < 1.29 is 4.74 Å². The van der Waals surface area contributed by atoms with Crippen LogP contribution in [0.25, 0.3) is 5.57 Å². The van der Waals surface area contributed by atoms with Crippen LogP contribution in [0.15, 0.2) is 35.9 Å². The molecule has 2 aliphatic rings. The monoisotopic (exact) mass is 329 g/mol. The van der Waals surface area contributed by atoms with Crippen LogP contribution in [0.4, 0.5) is 0 Å². The molecule has 3 unspecified atom stereocenters. The van der Waals surface area contributed by atoms with E-state index in [1.54, 1.807) is 11.1 Å². The molecule has 3 heteroatoms. The molecule has 1 aliphatic heterocycles. The van der Waals surface area contributed by atoms with Crippen LogP contribution in [0, 0.1) is 5.92 Å². The molecule has 126 valence electrons. The first-order valence-corrected chi connectivity index (χ1v) is 11.9. The minimum atomic E-state index is -1.35. The Balaban J connectivity index is 1.98. The van der Waals surface area contributed by atoms with E-state index >= 15 is 0 Å². The molecule has 0 saturated carbocycles. The van der Waals surface area contributed by atoms with Gasteiger partial charge in [0.15, 0.2) is 0 Å². The van der Waals surface area contributed by atoms with E-state index in [4.69, 9.17) is 4.74 Å². The molecule has 1 aliphatic carbocycles. The lowest BCUT2D eigenvalue weighted by Gasteiger charge is -2.34. The molecule has 1 aromatic carbocycles. The number of hydrogen-bond donors (Lipinski definition) is 1. The smallest absolute Gasteiger partial charge is 0.125 e. The van der Waals surface area contributed by atoms with Crippen molar-refractivity contribution in [1.29, 1.82) is 0 Å². The summed E-state index contributed by atoms with van der Waals surface area (Å²) in [6.07, 6.45) is 1.50. The second-order valence-corrected chi connectivity index (χ2v) is 12.2. The molecule has 3 rings (SSSR count). The molecule has 2 nitrogen and oxygen atoms in total. The van der Waals surface area contributed by atoms with E-state index in [2.05, 4.69) is 63.0 Å². The standard InChI is InChI=1S/C20H31NOSi/c1-5-23(6-2,7-3)21-18-13-17-14-22-15(4)19(17)20(18)16-11-9-8-10-12-16/h8-12,15,17-18,21H,5-7,13-14H2,1-4H3. The van der Waals surface area contributed by atoms with Gasteiger partial charge in [-0.25, -0.2) is 0 Å². The summed E-state index contributed by atoms with van der Waals surface area (Å²) in [6, 6.07) is 15.5. The van der Waals surface area contributed by atoms with Crippen molar-refractivity contribution in [2.24, 2.45) is 5.92 Å². The molecule has 0 aromatic heterocycles. The van der Waals surface area contributed by atoms with Crippen LogP contribution >= 0.6 is 0 Å². The number of nitrogens with one attached hydrogen (secondary N) is 1. The Labute approximate surface area is 142 Å². The summed E-state index contributed by atoms with van der Waals surface area (Å²) in [5, 5.41) is 0. The Bertz CT molecular complexity index is 556. The topological polar surface area (TPSA) is 21.3 Å². The van der Waals surface area contributed by atoms with Gasteiger partial charge in [0.1, 0.15) is 8.24 Å². The fourth-order valence-corrected chi connectivity index (χ4v) is 7.67. The third-order valence-electron chi connectivity index (χ3n) is 6.20. The van der Waals surface area contributed by atoms with Gasteiger partial charge in [-0.15, -0.1) is 0 Å². The number of fused-ring (bicyclic) bond motifs is 1. The molecule has 1 fully saturated rings. The second kappa shape index (κ2) is 6.92. The zero-order valence-electron chi connectivity index (χ0n) is 15.1. The third kappa shape index (κ3) is 3.07. The molecule has 23 heavy (non-hydrogen) atoms. The fourth-order valence-electron chi connectivity index (χ4n) is 4.55. The quantitative estimate of drug-likeness (QED) is 0.754. The zero-order chi connectivity index (χ0) is 16.4. The molecule has 0 spiro atoms. The van der Waals surface area contributed by atoms with Crippen molar-refractivity contribution in [1.82, 2.24) is 4.98 Å².